The quantitative estimate of drug-likeness (QED) is 0.0680. The lowest BCUT2D eigenvalue weighted by atomic mass is 9.95. The molecule has 17 nitrogen and oxygen atoms in total. The number of piperidine rings is 2. The van der Waals surface area contributed by atoms with Gasteiger partial charge in [0.25, 0.3) is 11.8 Å². The van der Waals surface area contributed by atoms with Crippen molar-refractivity contribution in [3.8, 4) is 17.2 Å². The van der Waals surface area contributed by atoms with Gasteiger partial charge in [0.2, 0.25) is 17.7 Å². The molecule has 4 aliphatic heterocycles. The molecule has 1 atom stereocenters. The fourth-order valence-corrected chi connectivity index (χ4v) is 9.87. The number of ether oxygens (including phenoxy) is 2. The number of hydrogen-bond donors (Lipinski definition) is 4. The minimum atomic E-state index is -1.17. The second-order valence-electron chi connectivity index (χ2n) is 18.7. The summed E-state index contributed by atoms with van der Waals surface area (Å²) in [5, 5.41) is 12.4. The van der Waals surface area contributed by atoms with Crippen LogP contribution in [0.5, 0.6) is 17.2 Å². The van der Waals surface area contributed by atoms with Crippen LogP contribution in [0.25, 0.3) is 10.9 Å². The van der Waals surface area contributed by atoms with E-state index in [1.54, 1.807) is 49.7 Å². The molecular formula is C52H55FN10O7. The number of aromatic nitrogens is 2. The van der Waals surface area contributed by atoms with Gasteiger partial charge in [0, 0.05) is 87.6 Å². The third-order valence-electron chi connectivity index (χ3n) is 14.1. The van der Waals surface area contributed by atoms with Crippen molar-refractivity contribution in [1.29, 1.82) is 0 Å². The zero-order valence-electron chi connectivity index (χ0n) is 39.0. The summed E-state index contributed by atoms with van der Waals surface area (Å²) in [6, 6.07) is 20.7. The van der Waals surface area contributed by atoms with Gasteiger partial charge in [-0.1, -0.05) is 6.58 Å². The molecule has 362 valence electrons. The lowest BCUT2D eigenvalue weighted by molar-refractivity contribution is -0.131. The number of rotatable bonds is 15. The van der Waals surface area contributed by atoms with E-state index in [4.69, 9.17) is 14.5 Å². The molecule has 10 rings (SSSR count). The van der Waals surface area contributed by atoms with Gasteiger partial charge in [-0.2, -0.15) is 0 Å². The molecule has 70 heavy (non-hydrogen) atoms. The number of nitrogens with one attached hydrogen (secondary N) is 4. The summed E-state index contributed by atoms with van der Waals surface area (Å²) in [5.74, 6) is 0.352. The molecule has 1 saturated carbocycles. The number of allylic oxidation sites excluding steroid dienone is 1. The van der Waals surface area contributed by atoms with E-state index in [1.165, 1.54) is 24.3 Å². The summed E-state index contributed by atoms with van der Waals surface area (Å²) in [4.78, 5) is 82.7. The number of pyridine rings is 2. The first-order chi connectivity index (χ1) is 33.9. The van der Waals surface area contributed by atoms with Crippen molar-refractivity contribution in [1.82, 2.24) is 30.0 Å². The summed E-state index contributed by atoms with van der Waals surface area (Å²) in [5.41, 5.74) is 2.43. The van der Waals surface area contributed by atoms with Crippen LogP contribution in [0.4, 0.5) is 27.3 Å². The minimum absolute atomic E-state index is 0.0758. The fourth-order valence-electron chi connectivity index (χ4n) is 9.87. The summed E-state index contributed by atoms with van der Waals surface area (Å²) >= 11 is 0. The Hall–Kier alpha value is -7.44. The molecule has 1 aliphatic carbocycles. The van der Waals surface area contributed by atoms with E-state index >= 15 is 0 Å². The van der Waals surface area contributed by atoms with Crippen molar-refractivity contribution in [3.63, 3.8) is 0 Å². The Morgan fingerprint density at radius 3 is 2.19 bits per heavy atom. The van der Waals surface area contributed by atoms with Crippen LogP contribution in [-0.2, 0) is 14.4 Å². The van der Waals surface area contributed by atoms with E-state index < -0.39 is 46.8 Å². The van der Waals surface area contributed by atoms with Crippen molar-refractivity contribution < 1.29 is 37.8 Å². The Kier molecular flexibility index (Phi) is 12.9. The monoisotopic (exact) mass is 950 g/mol. The molecule has 18 heteroatoms. The van der Waals surface area contributed by atoms with Gasteiger partial charge >= 0.3 is 0 Å². The van der Waals surface area contributed by atoms with Gasteiger partial charge in [-0.15, -0.1) is 0 Å². The Morgan fingerprint density at radius 2 is 1.51 bits per heavy atom. The van der Waals surface area contributed by atoms with Crippen LogP contribution in [0, 0.1) is 17.2 Å². The Labute approximate surface area is 404 Å². The molecule has 0 radical (unpaired) electrons. The number of nitrogens with zero attached hydrogens (tertiary/aromatic N) is 6. The first-order valence-corrected chi connectivity index (χ1v) is 23.9. The smallest absolute Gasteiger partial charge is 0.281 e. The normalized spacial score (nSPS) is 19.4. The van der Waals surface area contributed by atoms with E-state index in [1.807, 2.05) is 12.1 Å². The molecule has 5 aromatic rings. The van der Waals surface area contributed by atoms with Gasteiger partial charge < -0.3 is 40.5 Å². The number of halogens is 1. The first kappa shape index (κ1) is 46.3. The Balaban J connectivity index is 0.672. The van der Waals surface area contributed by atoms with Crippen LogP contribution in [-0.4, -0.2) is 126 Å². The maximum absolute atomic E-state index is 13.3. The average molecular weight is 951 g/mol. The van der Waals surface area contributed by atoms with Gasteiger partial charge in [0.1, 0.15) is 46.0 Å². The van der Waals surface area contributed by atoms with E-state index in [2.05, 4.69) is 53.6 Å². The summed E-state index contributed by atoms with van der Waals surface area (Å²) in [7, 11) is 1.68. The number of anilines is 4. The molecule has 3 aromatic carbocycles. The molecule has 4 fully saturated rings. The van der Waals surface area contributed by atoms with Crippen molar-refractivity contribution in [2.75, 3.05) is 86.9 Å². The molecule has 0 bridgehead atoms. The molecule has 4 N–H and O–H groups in total. The largest absolute Gasteiger partial charge is 0.495 e. The van der Waals surface area contributed by atoms with E-state index in [9.17, 15) is 28.4 Å². The van der Waals surface area contributed by atoms with Gasteiger partial charge in [-0.05, 0) is 123 Å². The average Bonchev–Trinajstić information content (AvgIpc) is 4.15. The highest BCUT2D eigenvalue weighted by Gasteiger charge is 2.56. The maximum Gasteiger partial charge on any atom is 0.281 e. The summed E-state index contributed by atoms with van der Waals surface area (Å²) in [6.07, 6.45) is 5.54. The third kappa shape index (κ3) is 9.60. The number of carbonyl (C=O) groups is 5. The van der Waals surface area contributed by atoms with Gasteiger partial charge in [0.15, 0.2) is 0 Å². The second-order valence-corrected chi connectivity index (χ2v) is 18.7. The third-order valence-corrected chi connectivity index (χ3v) is 14.1. The van der Waals surface area contributed by atoms with Crippen LogP contribution in [0.3, 0.4) is 0 Å². The first-order valence-electron chi connectivity index (χ1n) is 23.9. The minimum Gasteiger partial charge on any atom is -0.495 e. The number of hydrogen-bond acceptors (Lipinski definition) is 13. The van der Waals surface area contributed by atoms with Gasteiger partial charge in [0.05, 0.1) is 23.9 Å². The van der Waals surface area contributed by atoms with Crippen molar-refractivity contribution in [2.45, 2.75) is 44.6 Å². The topological polar surface area (TPSA) is 191 Å². The molecule has 6 heterocycles. The SMILES string of the molecule is C=C1CCC(N2C(=O)c3ccc(NCCN4CCN(CC5CCN(c6cc7nccc(Oc8ccc(NC(=O)C9(C(=O)Nc%10ccc(F)cc%10)CC9)cc8)c7cc6OC)CC5)CC4)nc3C2=O)C(=O)N1. The molecule has 3 saturated heterocycles. The van der Waals surface area contributed by atoms with E-state index in [-0.39, 0.29) is 11.3 Å². The predicted molar refractivity (Wildman–Crippen MR) is 261 cm³/mol. The van der Waals surface area contributed by atoms with E-state index in [0.29, 0.717) is 72.5 Å². The van der Waals surface area contributed by atoms with Crippen molar-refractivity contribution in [3.05, 3.63) is 114 Å². The predicted octanol–water partition coefficient (Wildman–Crippen LogP) is 6.26. The molecule has 0 spiro atoms. The number of imide groups is 1. The standard InChI is InChI=1S/C52H55FN10O7/c1-32-3-13-41(47(64)56-32)63-48(65)38-12-14-45(59-46(38)49(63)66)55-21-24-60-25-27-61(28-26-60)31-33-16-22-62(23-17-33)42-30-40-39(29-44(42)69-2)43(15-20-54-40)70-37-10-8-36(9-11-37)58-51(68)52(18-19-52)50(67)57-35-6-4-34(53)5-7-35/h4-12,14-15,20,29-30,33,41H,1,3,13,16-19,21-28,31H2,2H3,(H,55,59)(H,56,64)(H,57,67)(H,58,68). The summed E-state index contributed by atoms with van der Waals surface area (Å²) < 4.78 is 25.6. The highest BCUT2D eigenvalue weighted by molar-refractivity contribution is 6.22. The van der Waals surface area contributed by atoms with Crippen LogP contribution < -0.4 is 35.6 Å². The number of methoxy groups -OCH3 is 1. The number of benzene rings is 3. The Bertz CT molecular complexity index is 2860. The van der Waals surface area contributed by atoms with E-state index in [0.717, 1.165) is 92.4 Å². The van der Waals surface area contributed by atoms with Crippen molar-refractivity contribution >= 4 is 63.3 Å². The van der Waals surface area contributed by atoms with Crippen LogP contribution in [0.15, 0.2) is 97.3 Å². The van der Waals surface area contributed by atoms with Gasteiger partial charge in [-0.3, -0.25) is 38.8 Å². The van der Waals surface area contributed by atoms with Crippen molar-refractivity contribution in [2.24, 2.45) is 11.3 Å². The number of fused-ring (bicyclic) bond motifs is 2. The fraction of sp³-hybridized carbons (Fsp3) is 0.365. The molecular weight excluding hydrogens is 896 g/mol. The Morgan fingerprint density at radius 1 is 0.829 bits per heavy atom. The molecule has 5 amide bonds. The number of piperazine rings is 1. The second kappa shape index (κ2) is 19.5. The maximum atomic E-state index is 13.3. The lowest BCUT2D eigenvalue weighted by Gasteiger charge is -2.39. The zero-order chi connectivity index (χ0) is 48.5. The summed E-state index contributed by atoms with van der Waals surface area (Å²) in [6.45, 7) is 12.0. The molecule has 2 aromatic heterocycles. The van der Waals surface area contributed by atoms with Crippen LogP contribution in [0.2, 0.25) is 0 Å². The number of carbonyl (C=O) groups excluding carboxylic acids is 5. The van der Waals surface area contributed by atoms with Crippen LogP contribution in [0.1, 0.15) is 59.4 Å². The molecule has 5 aliphatic rings. The lowest BCUT2D eigenvalue weighted by Crippen LogP contribution is -2.51. The number of amides is 5. The van der Waals surface area contributed by atoms with Crippen LogP contribution >= 0.6 is 0 Å². The highest BCUT2D eigenvalue weighted by atomic mass is 19.1. The zero-order valence-corrected chi connectivity index (χ0v) is 39.0. The molecule has 1 unspecified atom stereocenters. The highest BCUT2D eigenvalue weighted by Crippen LogP contribution is 2.48. The van der Waals surface area contributed by atoms with Gasteiger partial charge in [-0.25, -0.2) is 9.37 Å².